The number of para-hydroxylation sites is 3. The van der Waals surface area contributed by atoms with E-state index in [-0.39, 0.29) is 5.56 Å². The summed E-state index contributed by atoms with van der Waals surface area (Å²) in [5.74, 6) is 1.70. The minimum absolute atomic E-state index is 0.382. The van der Waals surface area contributed by atoms with Crippen molar-refractivity contribution in [2.45, 2.75) is 0 Å². The molecule has 0 saturated heterocycles. The molecule has 7 aromatic carbocycles. The molecule has 0 fully saturated rings. The number of hydrogen-bond donors (Lipinski definition) is 0. The van der Waals surface area contributed by atoms with E-state index in [1.165, 1.54) is 4.57 Å². The Morgan fingerprint density at radius 3 is 1.40 bits per heavy atom. The van der Waals surface area contributed by atoms with Gasteiger partial charge in [0.05, 0.1) is 33.3 Å². The largest absolute Gasteiger partial charge is 0.340 e. The fourth-order valence-corrected chi connectivity index (χ4v) is 7.49. The molecule has 10 aromatic rings. The van der Waals surface area contributed by atoms with Crippen molar-refractivity contribution in [3.63, 3.8) is 0 Å². The third-order valence-corrected chi connectivity index (χ3v) is 9.95. The molecule has 0 aliphatic rings. The smallest absolute Gasteiger partial charge is 0.309 e. The molecule has 55 heavy (non-hydrogen) atoms. The van der Waals surface area contributed by atoms with E-state index in [1.807, 2.05) is 158 Å². The third-order valence-electron chi connectivity index (χ3n) is 9.95. The van der Waals surface area contributed by atoms with E-state index in [1.54, 1.807) is 16.7 Å². The molecule has 0 amide bonds. The first kappa shape index (κ1) is 32.0. The maximum absolute atomic E-state index is 14.8. The number of benzene rings is 7. The minimum Gasteiger partial charge on any atom is -0.309 e. The van der Waals surface area contributed by atoms with Gasteiger partial charge >= 0.3 is 5.69 Å². The molecule has 0 bridgehead atoms. The highest BCUT2D eigenvalue weighted by Gasteiger charge is 2.23. The average Bonchev–Trinajstić information content (AvgIpc) is 3.59. The topological polar surface area (TPSA) is 87.6 Å². The fourth-order valence-electron chi connectivity index (χ4n) is 7.49. The Balaban J connectivity index is 1.24. The van der Waals surface area contributed by atoms with Crippen LogP contribution in [0.3, 0.4) is 0 Å². The van der Waals surface area contributed by atoms with Gasteiger partial charge in [-0.1, -0.05) is 127 Å². The van der Waals surface area contributed by atoms with Crippen LogP contribution >= 0.6 is 0 Å². The molecule has 0 saturated carbocycles. The Morgan fingerprint density at radius 1 is 0.345 bits per heavy atom. The van der Waals surface area contributed by atoms with Gasteiger partial charge in [0.1, 0.15) is 0 Å². The van der Waals surface area contributed by atoms with Gasteiger partial charge in [-0.05, 0) is 54.6 Å². The molecule has 10 rings (SSSR count). The molecular weight excluding hydrogens is 681 g/mol. The van der Waals surface area contributed by atoms with E-state index >= 15 is 0 Å². The summed E-state index contributed by atoms with van der Waals surface area (Å²) < 4.78 is 5.07. The lowest BCUT2D eigenvalue weighted by Gasteiger charge is -2.15. The standard InChI is InChI=1S/C47H30N6O2/c54-46-42-40(52(34-21-9-3-10-22-34)47(55)53(46)35-23-11-4-12-24-35)29-28-39-41(42)37-26-13-14-27-38(37)51(39)36-25-15-20-33(30-36)45-49-43(31-16-5-1-6-17-31)48-44(50-45)32-18-7-2-8-19-32/h1-30H. The van der Waals surface area contributed by atoms with Crippen LogP contribution in [0.15, 0.2) is 192 Å². The van der Waals surface area contributed by atoms with Gasteiger partial charge < -0.3 is 4.57 Å². The van der Waals surface area contributed by atoms with Crippen LogP contribution in [-0.4, -0.2) is 28.7 Å². The molecule has 8 heteroatoms. The van der Waals surface area contributed by atoms with Crippen molar-refractivity contribution in [1.82, 2.24) is 28.7 Å². The zero-order chi connectivity index (χ0) is 36.9. The Labute approximate surface area is 314 Å². The summed E-state index contributed by atoms with van der Waals surface area (Å²) in [5, 5.41) is 2.10. The number of aromatic nitrogens is 6. The molecule has 3 aromatic heterocycles. The lowest BCUT2D eigenvalue weighted by atomic mass is 10.1. The molecule has 0 aliphatic carbocycles. The molecule has 0 N–H and O–H groups in total. The Kier molecular flexibility index (Phi) is 7.59. The Hall–Kier alpha value is -7.71. The van der Waals surface area contributed by atoms with Gasteiger partial charge in [-0.3, -0.25) is 9.36 Å². The van der Waals surface area contributed by atoms with Crippen molar-refractivity contribution in [2.24, 2.45) is 0 Å². The predicted octanol–water partition coefficient (Wildman–Crippen LogP) is 9.42. The second kappa shape index (κ2) is 13.1. The second-order valence-corrected chi connectivity index (χ2v) is 13.2. The van der Waals surface area contributed by atoms with Gasteiger partial charge in [0.25, 0.3) is 5.56 Å². The molecule has 260 valence electrons. The van der Waals surface area contributed by atoms with Crippen LogP contribution in [0, 0.1) is 0 Å². The summed E-state index contributed by atoms with van der Waals surface area (Å²) in [6, 6.07) is 58.4. The molecule has 0 atom stereocenters. The van der Waals surface area contributed by atoms with Gasteiger partial charge in [-0.2, -0.15) is 0 Å². The zero-order valence-corrected chi connectivity index (χ0v) is 29.3. The minimum atomic E-state index is -0.437. The Morgan fingerprint density at radius 2 is 0.800 bits per heavy atom. The zero-order valence-electron chi connectivity index (χ0n) is 29.3. The van der Waals surface area contributed by atoms with E-state index in [0.29, 0.717) is 39.8 Å². The van der Waals surface area contributed by atoms with Crippen LogP contribution in [0.2, 0.25) is 0 Å². The van der Waals surface area contributed by atoms with Gasteiger partial charge in [0.15, 0.2) is 17.5 Å². The van der Waals surface area contributed by atoms with Crippen molar-refractivity contribution in [3.8, 4) is 51.2 Å². The van der Waals surface area contributed by atoms with E-state index in [0.717, 1.165) is 44.2 Å². The van der Waals surface area contributed by atoms with Crippen LogP contribution < -0.4 is 11.2 Å². The lowest BCUT2D eigenvalue weighted by molar-refractivity contribution is 0.836. The number of fused-ring (bicyclic) bond motifs is 5. The van der Waals surface area contributed by atoms with E-state index < -0.39 is 5.69 Å². The van der Waals surface area contributed by atoms with Crippen molar-refractivity contribution < 1.29 is 0 Å². The number of rotatable bonds is 6. The van der Waals surface area contributed by atoms with Crippen molar-refractivity contribution in [1.29, 1.82) is 0 Å². The molecule has 0 unspecified atom stereocenters. The first-order chi connectivity index (χ1) is 27.1. The Bertz CT molecular complexity index is 3120. The summed E-state index contributed by atoms with van der Waals surface area (Å²) in [5.41, 5.74) is 6.08. The summed E-state index contributed by atoms with van der Waals surface area (Å²) >= 11 is 0. The quantitative estimate of drug-likeness (QED) is 0.172. The molecule has 3 heterocycles. The van der Waals surface area contributed by atoms with E-state index in [4.69, 9.17) is 15.0 Å². The van der Waals surface area contributed by atoms with E-state index in [2.05, 4.69) is 16.7 Å². The van der Waals surface area contributed by atoms with Crippen LogP contribution in [0.25, 0.3) is 83.9 Å². The van der Waals surface area contributed by atoms with Crippen molar-refractivity contribution in [2.75, 3.05) is 0 Å². The first-order valence-electron chi connectivity index (χ1n) is 18.0. The summed E-state index contributed by atoms with van der Waals surface area (Å²) in [7, 11) is 0. The number of hydrogen-bond acceptors (Lipinski definition) is 5. The summed E-state index contributed by atoms with van der Waals surface area (Å²) in [6.45, 7) is 0. The van der Waals surface area contributed by atoms with Gasteiger partial charge in [0.2, 0.25) is 0 Å². The maximum atomic E-state index is 14.8. The normalized spacial score (nSPS) is 11.4. The predicted molar refractivity (Wildman–Crippen MR) is 219 cm³/mol. The highest BCUT2D eigenvalue weighted by molar-refractivity contribution is 6.20. The highest BCUT2D eigenvalue weighted by Crippen LogP contribution is 2.37. The summed E-state index contributed by atoms with van der Waals surface area (Å²) in [6.07, 6.45) is 0. The van der Waals surface area contributed by atoms with Crippen LogP contribution in [0.4, 0.5) is 0 Å². The van der Waals surface area contributed by atoms with Crippen LogP contribution in [0.1, 0.15) is 0 Å². The highest BCUT2D eigenvalue weighted by atomic mass is 16.2. The SMILES string of the molecule is O=c1c2c3c4ccccc4n(-c4cccc(-c5nc(-c6ccccc6)nc(-c6ccccc6)n5)c4)c3ccc2n(-c2ccccc2)c(=O)n1-c1ccccc1. The average molecular weight is 711 g/mol. The lowest BCUT2D eigenvalue weighted by Crippen LogP contribution is -2.38. The summed E-state index contributed by atoms with van der Waals surface area (Å²) in [4.78, 5) is 44.0. The van der Waals surface area contributed by atoms with Gasteiger partial charge in [-0.15, -0.1) is 0 Å². The van der Waals surface area contributed by atoms with Crippen LogP contribution in [-0.2, 0) is 0 Å². The molecule has 8 nitrogen and oxygen atoms in total. The molecule has 0 spiro atoms. The van der Waals surface area contributed by atoms with E-state index in [9.17, 15) is 9.59 Å². The van der Waals surface area contributed by atoms with Gasteiger partial charge in [0, 0.05) is 33.2 Å². The molecule has 0 aliphatic heterocycles. The van der Waals surface area contributed by atoms with Crippen LogP contribution in [0.5, 0.6) is 0 Å². The maximum Gasteiger partial charge on any atom is 0.340 e. The molecular formula is C47H30N6O2. The third kappa shape index (κ3) is 5.35. The van der Waals surface area contributed by atoms with Crippen molar-refractivity contribution >= 4 is 32.7 Å². The second-order valence-electron chi connectivity index (χ2n) is 13.2. The van der Waals surface area contributed by atoms with Gasteiger partial charge in [-0.25, -0.2) is 24.3 Å². The fraction of sp³-hybridized carbons (Fsp3) is 0. The molecule has 0 radical (unpaired) electrons. The first-order valence-corrected chi connectivity index (χ1v) is 18.0. The monoisotopic (exact) mass is 710 g/mol. The van der Waals surface area contributed by atoms with Crippen molar-refractivity contribution in [3.05, 3.63) is 203 Å². The number of nitrogens with zero attached hydrogens (tertiary/aromatic N) is 6.